The van der Waals surface area contributed by atoms with Crippen molar-refractivity contribution in [2.24, 2.45) is 11.8 Å². The molecule has 3 heteroatoms. The second kappa shape index (κ2) is 6.07. The normalized spacial score (nSPS) is 22.3. The first kappa shape index (κ1) is 13.9. The average molecular weight is 312 g/mol. The Morgan fingerprint density at radius 1 is 1.44 bits per heavy atom. The molecular formula is C15H22BrNO. The lowest BCUT2D eigenvalue weighted by Crippen LogP contribution is -2.22. The molecule has 1 aromatic rings. The highest BCUT2D eigenvalue weighted by molar-refractivity contribution is 9.10. The van der Waals surface area contributed by atoms with Crippen molar-refractivity contribution in [3.8, 4) is 5.75 Å². The molecule has 2 unspecified atom stereocenters. The highest BCUT2D eigenvalue weighted by Crippen LogP contribution is 2.48. The second-order valence-corrected chi connectivity index (χ2v) is 6.40. The topological polar surface area (TPSA) is 21.3 Å². The van der Waals surface area contributed by atoms with Crippen LogP contribution in [0, 0.1) is 11.8 Å². The fourth-order valence-electron chi connectivity index (χ4n) is 2.35. The molecule has 1 aliphatic rings. The largest absolute Gasteiger partial charge is 0.496 e. The second-order valence-electron chi connectivity index (χ2n) is 5.55. The summed E-state index contributed by atoms with van der Waals surface area (Å²) in [5, 5.41) is 3.55. The molecule has 0 heterocycles. The van der Waals surface area contributed by atoms with Crippen molar-refractivity contribution >= 4 is 15.9 Å². The molecule has 2 rings (SSSR count). The first-order valence-electron chi connectivity index (χ1n) is 6.66. The number of benzene rings is 1. The van der Waals surface area contributed by atoms with Crippen LogP contribution >= 0.6 is 15.9 Å². The summed E-state index contributed by atoms with van der Waals surface area (Å²) in [6.07, 6.45) is 1.31. The summed E-state index contributed by atoms with van der Waals surface area (Å²) in [6, 6.07) is 6.44. The number of nitrogens with one attached hydrogen (secondary N) is 1. The van der Waals surface area contributed by atoms with Gasteiger partial charge in [0.1, 0.15) is 5.75 Å². The molecule has 1 saturated carbocycles. The Morgan fingerprint density at radius 2 is 2.22 bits per heavy atom. The maximum atomic E-state index is 5.26. The van der Waals surface area contributed by atoms with E-state index in [1.165, 1.54) is 12.0 Å². The van der Waals surface area contributed by atoms with Crippen molar-refractivity contribution < 1.29 is 4.74 Å². The molecule has 0 saturated heterocycles. The van der Waals surface area contributed by atoms with Gasteiger partial charge in [-0.15, -0.1) is 0 Å². The van der Waals surface area contributed by atoms with E-state index in [2.05, 4.69) is 53.3 Å². The third kappa shape index (κ3) is 3.48. The van der Waals surface area contributed by atoms with E-state index in [1.54, 1.807) is 7.11 Å². The third-order valence-corrected chi connectivity index (χ3v) is 4.11. The molecule has 0 aliphatic heterocycles. The van der Waals surface area contributed by atoms with E-state index in [0.717, 1.165) is 41.1 Å². The van der Waals surface area contributed by atoms with Crippen LogP contribution in [0.5, 0.6) is 5.75 Å². The molecule has 0 amide bonds. The predicted octanol–water partition coefficient (Wildman–Crippen LogP) is 3.81. The van der Waals surface area contributed by atoms with E-state index < -0.39 is 0 Å². The van der Waals surface area contributed by atoms with Crippen LogP contribution < -0.4 is 10.1 Å². The SMILES string of the molecule is COc1ccc(C2CC2CNCC(C)C)cc1Br. The van der Waals surface area contributed by atoms with Crippen molar-refractivity contribution in [3.63, 3.8) is 0 Å². The number of hydrogen-bond donors (Lipinski definition) is 1. The van der Waals surface area contributed by atoms with Crippen molar-refractivity contribution in [1.29, 1.82) is 0 Å². The Hall–Kier alpha value is -0.540. The van der Waals surface area contributed by atoms with Gasteiger partial charge < -0.3 is 10.1 Å². The van der Waals surface area contributed by atoms with Gasteiger partial charge in [-0.25, -0.2) is 0 Å². The van der Waals surface area contributed by atoms with E-state index in [-0.39, 0.29) is 0 Å². The van der Waals surface area contributed by atoms with Crippen molar-refractivity contribution in [2.45, 2.75) is 26.2 Å². The summed E-state index contributed by atoms with van der Waals surface area (Å²) in [7, 11) is 1.70. The van der Waals surface area contributed by atoms with Gasteiger partial charge in [-0.1, -0.05) is 19.9 Å². The maximum absolute atomic E-state index is 5.26. The van der Waals surface area contributed by atoms with Gasteiger partial charge in [0.15, 0.2) is 0 Å². The van der Waals surface area contributed by atoms with Gasteiger partial charge in [0.25, 0.3) is 0 Å². The molecule has 2 nitrogen and oxygen atoms in total. The minimum atomic E-state index is 0.729. The molecule has 100 valence electrons. The lowest BCUT2D eigenvalue weighted by molar-refractivity contribution is 0.412. The van der Waals surface area contributed by atoms with E-state index in [9.17, 15) is 0 Å². The molecule has 0 aromatic heterocycles. The van der Waals surface area contributed by atoms with Gasteiger partial charge in [-0.2, -0.15) is 0 Å². The van der Waals surface area contributed by atoms with E-state index in [0.29, 0.717) is 0 Å². The lowest BCUT2D eigenvalue weighted by atomic mass is 10.1. The molecule has 1 fully saturated rings. The van der Waals surface area contributed by atoms with Crippen LogP contribution in [0.2, 0.25) is 0 Å². The number of methoxy groups -OCH3 is 1. The minimum Gasteiger partial charge on any atom is -0.496 e. The summed E-state index contributed by atoms with van der Waals surface area (Å²) in [4.78, 5) is 0. The van der Waals surface area contributed by atoms with Crippen LogP contribution in [0.1, 0.15) is 31.7 Å². The first-order chi connectivity index (χ1) is 8.61. The first-order valence-corrected chi connectivity index (χ1v) is 7.45. The quantitative estimate of drug-likeness (QED) is 0.862. The number of ether oxygens (including phenoxy) is 1. The van der Waals surface area contributed by atoms with Gasteiger partial charge >= 0.3 is 0 Å². The Morgan fingerprint density at radius 3 is 2.83 bits per heavy atom. The fourth-order valence-corrected chi connectivity index (χ4v) is 2.91. The zero-order chi connectivity index (χ0) is 13.1. The molecule has 1 aromatic carbocycles. The van der Waals surface area contributed by atoms with Crippen LogP contribution in [0.3, 0.4) is 0 Å². The molecule has 0 spiro atoms. The fraction of sp³-hybridized carbons (Fsp3) is 0.600. The third-order valence-electron chi connectivity index (χ3n) is 3.49. The molecule has 18 heavy (non-hydrogen) atoms. The van der Waals surface area contributed by atoms with Gasteiger partial charge in [-0.3, -0.25) is 0 Å². The summed E-state index contributed by atoms with van der Waals surface area (Å²) in [5.41, 5.74) is 1.43. The minimum absolute atomic E-state index is 0.729. The van der Waals surface area contributed by atoms with Crippen LogP contribution in [0.15, 0.2) is 22.7 Å². The molecule has 1 N–H and O–H groups in total. The molecular weight excluding hydrogens is 290 g/mol. The van der Waals surface area contributed by atoms with E-state index in [1.807, 2.05) is 0 Å². The molecule has 2 atom stereocenters. The Bertz CT molecular complexity index is 405. The van der Waals surface area contributed by atoms with Crippen molar-refractivity contribution in [2.75, 3.05) is 20.2 Å². The van der Waals surface area contributed by atoms with Gasteiger partial charge in [-0.05, 0) is 70.9 Å². The zero-order valence-electron chi connectivity index (χ0n) is 11.4. The summed E-state index contributed by atoms with van der Waals surface area (Å²) in [5.74, 6) is 3.18. The molecule has 0 radical (unpaired) electrons. The monoisotopic (exact) mass is 311 g/mol. The Kier molecular flexibility index (Phi) is 4.68. The maximum Gasteiger partial charge on any atom is 0.133 e. The highest BCUT2D eigenvalue weighted by Gasteiger charge is 2.37. The predicted molar refractivity (Wildman–Crippen MR) is 79.2 cm³/mol. The van der Waals surface area contributed by atoms with E-state index >= 15 is 0 Å². The summed E-state index contributed by atoms with van der Waals surface area (Å²) < 4.78 is 6.32. The van der Waals surface area contributed by atoms with Gasteiger partial charge in [0.05, 0.1) is 11.6 Å². The van der Waals surface area contributed by atoms with Gasteiger partial charge in [0, 0.05) is 0 Å². The number of hydrogen-bond acceptors (Lipinski definition) is 2. The van der Waals surface area contributed by atoms with Gasteiger partial charge in [0.2, 0.25) is 0 Å². The van der Waals surface area contributed by atoms with Crippen molar-refractivity contribution in [3.05, 3.63) is 28.2 Å². The van der Waals surface area contributed by atoms with Crippen LogP contribution in [-0.2, 0) is 0 Å². The van der Waals surface area contributed by atoms with Crippen LogP contribution in [0.25, 0.3) is 0 Å². The molecule has 1 aliphatic carbocycles. The van der Waals surface area contributed by atoms with Crippen molar-refractivity contribution in [1.82, 2.24) is 5.32 Å². The highest BCUT2D eigenvalue weighted by atomic mass is 79.9. The Balaban J connectivity index is 1.85. The summed E-state index contributed by atoms with van der Waals surface area (Å²) in [6.45, 7) is 6.76. The summed E-state index contributed by atoms with van der Waals surface area (Å²) >= 11 is 3.55. The number of halogens is 1. The average Bonchev–Trinajstić information content (AvgIpc) is 3.08. The van der Waals surface area contributed by atoms with Crippen LogP contribution in [-0.4, -0.2) is 20.2 Å². The standard InChI is InChI=1S/C15H22BrNO/c1-10(2)8-17-9-12-6-13(12)11-4-5-15(18-3)14(16)7-11/h4-5,7,10,12-13,17H,6,8-9H2,1-3H3. The Labute approximate surface area is 118 Å². The number of rotatable bonds is 6. The lowest BCUT2D eigenvalue weighted by Gasteiger charge is -2.08. The zero-order valence-corrected chi connectivity index (χ0v) is 13.0. The molecule has 0 bridgehead atoms. The smallest absolute Gasteiger partial charge is 0.133 e. The van der Waals surface area contributed by atoms with E-state index in [4.69, 9.17) is 4.74 Å². The van der Waals surface area contributed by atoms with Crippen LogP contribution in [0.4, 0.5) is 0 Å².